The second kappa shape index (κ2) is 6.31. The summed E-state index contributed by atoms with van der Waals surface area (Å²) >= 11 is 9.45. The van der Waals surface area contributed by atoms with E-state index in [-0.39, 0.29) is 0 Å². The third-order valence-electron chi connectivity index (χ3n) is 2.88. The molecule has 1 N–H and O–H groups in total. The lowest BCUT2D eigenvalue weighted by Gasteiger charge is -2.13. The molecule has 0 aliphatic rings. The summed E-state index contributed by atoms with van der Waals surface area (Å²) < 4.78 is 1.03. The highest BCUT2D eigenvalue weighted by Crippen LogP contribution is 2.23. The first kappa shape index (κ1) is 14.2. The molecule has 0 aromatic heterocycles. The van der Waals surface area contributed by atoms with Crippen molar-refractivity contribution >= 4 is 38.9 Å². The number of anilines is 2. The van der Waals surface area contributed by atoms with E-state index in [1.165, 1.54) is 11.3 Å². The zero-order valence-corrected chi connectivity index (χ0v) is 13.3. The average molecular weight is 340 g/mol. The van der Waals surface area contributed by atoms with Crippen LogP contribution >= 0.6 is 27.5 Å². The van der Waals surface area contributed by atoms with Gasteiger partial charge in [0.25, 0.3) is 0 Å². The highest BCUT2D eigenvalue weighted by atomic mass is 79.9. The molecule has 4 heteroatoms. The molecule has 0 atom stereocenters. The van der Waals surface area contributed by atoms with Crippen LogP contribution in [0.4, 0.5) is 11.4 Å². The highest BCUT2D eigenvalue weighted by molar-refractivity contribution is 9.10. The van der Waals surface area contributed by atoms with Crippen molar-refractivity contribution in [1.82, 2.24) is 0 Å². The number of hydrogen-bond acceptors (Lipinski definition) is 2. The van der Waals surface area contributed by atoms with E-state index in [0.29, 0.717) is 0 Å². The van der Waals surface area contributed by atoms with Crippen LogP contribution in [0.2, 0.25) is 5.02 Å². The maximum Gasteiger partial charge on any atom is 0.0417 e. The minimum absolute atomic E-state index is 0.742. The molecule has 0 unspecified atom stereocenters. The number of halogens is 2. The molecule has 0 aliphatic heterocycles. The zero-order chi connectivity index (χ0) is 13.8. The molecule has 0 aliphatic carbocycles. The summed E-state index contributed by atoms with van der Waals surface area (Å²) in [6, 6.07) is 14.2. The molecular weight excluding hydrogens is 324 g/mol. The molecule has 0 spiro atoms. The Morgan fingerprint density at radius 3 is 2.37 bits per heavy atom. The molecule has 0 heterocycles. The molecule has 2 aromatic carbocycles. The van der Waals surface area contributed by atoms with Gasteiger partial charge in [-0.1, -0.05) is 33.6 Å². The minimum Gasteiger partial charge on any atom is -0.381 e. The van der Waals surface area contributed by atoms with Gasteiger partial charge in [-0.2, -0.15) is 0 Å². The molecule has 2 rings (SSSR count). The molecule has 0 saturated carbocycles. The summed E-state index contributed by atoms with van der Waals surface area (Å²) in [5.41, 5.74) is 3.48. The van der Waals surface area contributed by atoms with Crippen molar-refractivity contribution in [3.8, 4) is 0 Å². The molecule has 0 saturated heterocycles. The lowest BCUT2D eigenvalue weighted by molar-refractivity contribution is 1.12. The van der Waals surface area contributed by atoms with Gasteiger partial charge in [0.1, 0.15) is 0 Å². The molecular formula is C15H16BrClN2. The van der Waals surface area contributed by atoms with E-state index >= 15 is 0 Å². The molecule has 2 nitrogen and oxygen atoms in total. The van der Waals surface area contributed by atoms with Gasteiger partial charge in [0.15, 0.2) is 0 Å². The van der Waals surface area contributed by atoms with E-state index in [2.05, 4.69) is 50.4 Å². The summed E-state index contributed by atoms with van der Waals surface area (Å²) in [5, 5.41) is 4.14. The molecule has 0 radical (unpaired) electrons. The summed E-state index contributed by atoms with van der Waals surface area (Å²) in [6.07, 6.45) is 0. The summed E-state index contributed by atoms with van der Waals surface area (Å²) in [5.74, 6) is 0. The van der Waals surface area contributed by atoms with Gasteiger partial charge in [-0.05, 0) is 42.0 Å². The molecule has 0 fully saturated rings. The summed E-state index contributed by atoms with van der Waals surface area (Å²) in [7, 11) is 4.07. The van der Waals surface area contributed by atoms with E-state index in [1.807, 2.05) is 32.3 Å². The second-order valence-electron chi connectivity index (χ2n) is 4.53. The SMILES string of the molecule is CN(C)c1ccc(NCc2ccc(Cl)cc2Br)cc1. The van der Waals surface area contributed by atoms with Crippen LogP contribution in [0.25, 0.3) is 0 Å². The van der Waals surface area contributed by atoms with E-state index in [4.69, 9.17) is 11.6 Å². The smallest absolute Gasteiger partial charge is 0.0417 e. The first-order valence-electron chi connectivity index (χ1n) is 6.01. The summed E-state index contributed by atoms with van der Waals surface area (Å²) in [4.78, 5) is 2.08. The van der Waals surface area contributed by atoms with Crippen molar-refractivity contribution in [1.29, 1.82) is 0 Å². The fraction of sp³-hybridized carbons (Fsp3) is 0.200. The normalized spacial score (nSPS) is 10.3. The Morgan fingerprint density at radius 1 is 1.11 bits per heavy atom. The molecule has 0 bridgehead atoms. The first-order valence-corrected chi connectivity index (χ1v) is 7.18. The fourth-order valence-corrected chi connectivity index (χ4v) is 2.56. The van der Waals surface area contributed by atoms with E-state index in [0.717, 1.165) is 21.7 Å². The Hall–Kier alpha value is -1.19. The van der Waals surface area contributed by atoms with Gasteiger partial charge in [-0.15, -0.1) is 0 Å². The van der Waals surface area contributed by atoms with Gasteiger partial charge in [-0.3, -0.25) is 0 Å². The number of benzene rings is 2. The predicted molar refractivity (Wildman–Crippen MR) is 87.2 cm³/mol. The van der Waals surface area contributed by atoms with Gasteiger partial charge < -0.3 is 10.2 Å². The number of nitrogens with one attached hydrogen (secondary N) is 1. The van der Waals surface area contributed by atoms with Gasteiger partial charge in [-0.25, -0.2) is 0 Å². The van der Waals surface area contributed by atoms with E-state index < -0.39 is 0 Å². The lowest BCUT2D eigenvalue weighted by atomic mass is 10.2. The number of hydrogen-bond donors (Lipinski definition) is 1. The van der Waals surface area contributed by atoms with Crippen LogP contribution in [0.15, 0.2) is 46.9 Å². The maximum atomic E-state index is 5.93. The Bertz CT molecular complexity index is 553. The van der Waals surface area contributed by atoms with Crippen molar-refractivity contribution in [2.45, 2.75) is 6.54 Å². The quantitative estimate of drug-likeness (QED) is 0.862. The van der Waals surface area contributed by atoms with Crippen LogP contribution in [0.1, 0.15) is 5.56 Å². The van der Waals surface area contributed by atoms with Gasteiger partial charge in [0.05, 0.1) is 0 Å². The summed E-state index contributed by atoms with van der Waals surface area (Å²) in [6.45, 7) is 0.763. The Labute approximate surface area is 127 Å². The highest BCUT2D eigenvalue weighted by Gasteiger charge is 2.01. The predicted octanol–water partition coefficient (Wildman–Crippen LogP) is 4.78. The van der Waals surface area contributed by atoms with Crippen LogP contribution in [-0.2, 0) is 6.54 Å². The molecule has 2 aromatic rings. The van der Waals surface area contributed by atoms with Gasteiger partial charge in [0.2, 0.25) is 0 Å². The topological polar surface area (TPSA) is 15.3 Å². The average Bonchev–Trinajstić information content (AvgIpc) is 2.38. The Morgan fingerprint density at radius 2 is 1.79 bits per heavy atom. The molecule has 19 heavy (non-hydrogen) atoms. The third-order valence-corrected chi connectivity index (χ3v) is 3.86. The minimum atomic E-state index is 0.742. The monoisotopic (exact) mass is 338 g/mol. The zero-order valence-electron chi connectivity index (χ0n) is 11.0. The Kier molecular flexibility index (Phi) is 4.72. The number of nitrogens with zero attached hydrogens (tertiary/aromatic N) is 1. The van der Waals surface area contributed by atoms with Gasteiger partial charge >= 0.3 is 0 Å². The van der Waals surface area contributed by atoms with Crippen LogP contribution < -0.4 is 10.2 Å². The first-order chi connectivity index (χ1) is 9.06. The largest absolute Gasteiger partial charge is 0.381 e. The van der Waals surface area contributed by atoms with Crippen LogP contribution in [-0.4, -0.2) is 14.1 Å². The van der Waals surface area contributed by atoms with Crippen molar-refractivity contribution < 1.29 is 0 Å². The standard InChI is InChI=1S/C15H16BrClN2/c1-19(2)14-7-5-13(6-8-14)18-10-11-3-4-12(17)9-15(11)16/h3-9,18H,10H2,1-2H3. The van der Waals surface area contributed by atoms with Crippen molar-refractivity contribution in [3.63, 3.8) is 0 Å². The third kappa shape index (κ3) is 3.88. The van der Waals surface area contributed by atoms with Crippen molar-refractivity contribution in [2.24, 2.45) is 0 Å². The van der Waals surface area contributed by atoms with Crippen molar-refractivity contribution in [3.05, 3.63) is 57.5 Å². The number of rotatable bonds is 4. The molecule has 0 amide bonds. The van der Waals surface area contributed by atoms with Gasteiger partial charge in [0, 0.05) is 41.5 Å². The second-order valence-corrected chi connectivity index (χ2v) is 5.82. The fourth-order valence-electron chi connectivity index (χ4n) is 1.74. The van der Waals surface area contributed by atoms with Crippen LogP contribution in [0.3, 0.4) is 0 Å². The van der Waals surface area contributed by atoms with Crippen LogP contribution in [0.5, 0.6) is 0 Å². The van der Waals surface area contributed by atoms with Crippen LogP contribution in [0, 0.1) is 0 Å². The lowest BCUT2D eigenvalue weighted by Crippen LogP contribution is -2.08. The Balaban J connectivity index is 2.02. The maximum absolute atomic E-state index is 5.93. The van der Waals surface area contributed by atoms with E-state index in [1.54, 1.807) is 0 Å². The molecule has 100 valence electrons. The van der Waals surface area contributed by atoms with E-state index in [9.17, 15) is 0 Å². The van der Waals surface area contributed by atoms with Crippen molar-refractivity contribution in [2.75, 3.05) is 24.3 Å².